The molecule has 0 bridgehead atoms. The molecule has 94 valence electrons. The van der Waals surface area contributed by atoms with Crippen LogP contribution in [0.3, 0.4) is 0 Å². The maximum absolute atomic E-state index is 12.2. The molecule has 1 heteroatoms. The second kappa shape index (κ2) is 8.05. The fraction of sp³-hybridized carbons (Fsp3) is 0.562. The van der Waals surface area contributed by atoms with Crippen molar-refractivity contribution in [3.63, 3.8) is 0 Å². The van der Waals surface area contributed by atoms with Crippen LogP contribution in [0.15, 0.2) is 30.3 Å². The molecule has 0 spiro atoms. The Morgan fingerprint density at radius 3 is 2.29 bits per heavy atom. The van der Waals surface area contributed by atoms with Crippen molar-refractivity contribution in [3.8, 4) is 0 Å². The Bertz CT molecular complexity index is 316. The molecule has 0 aliphatic heterocycles. The lowest BCUT2D eigenvalue weighted by atomic mass is 9.88. The molecule has 0 saturated carbocycles. The third-order valence-electron chi connectivity index (χ3n) is 3.21. The van der Waals surface area contributed by atoms with E-state index in [4.69, 9.17) is 0 Å². The van der Waals surface area contributed by atoms with Crippen LogP contribution in [0.4, 0.5) is 0 Å². The van der Waals surface area contributed by atoms with Gasteiger partial charge in [0.05, 0.1) is 0 Å². The second-order valence-electron chi connectivity index (χ2n) is 4.68. The van der Waals surface area contributed by atoms with Crippen LogP contribution in [0, 0.1) is 0 Å². The summed E-state index contributed by atoms with van der Waals surface area (Å²) in [4.78, 5) is 12.2. The Balaban J connectivity index is 2.69. The highest BCUT2D eigenvalue weighted by Gasteiger charge is 2.18. The summed E-state index contributed by atoms with van der Waals surface area (Å²) in [5, 5.41) is 0. The van der Waals surface area contributed by atoms with E-state index in [-0.39, 0.29) is 5.92 Å². The lowest BCUT2D eigenvalue weighted by molar-refractivity contribution is -0.120. The van der Waals surface area contributed by atoms with E-state index in [1.54, 1.807) is 0 Å². The lowest BCUT2D eigenvalue weighted by Gasteiger charge is -2.15. The van der Waals surface area contributed by atoms with Crippen molar-refractivity contribution < 1.29 is 4.79 Å². The van der Waals surface area contributed by atoms with Gasteiger partial charge in [0.1, 0.15) is 5.78 Å². The third-order valence-corrected chi connectivity index (χ3v) is 3.21. The normalized spacial score (nSPS) is 12.4. The number of benzene rings is 1. The Morgan fingerprint density at radius 1 is 1.06 bits per heavy atom. The molecule has 0 aromatic heterocycles. The molecular formula is C16H24O. The molecule has 0 aliphatic rings. The topological polar surface area (TPSA) is 17.1 Å². The highest BCUT2D eigenvalue weighted by atomic mass is 16.1. The van der Waals surface area contributed by atoms with Crippen molar-refractivity contribution in [1.82, 2.24) is 0 Å². The number of hydrogen-bond acceptors (Lipinski definition) is 1. The smallest absolute Gasteiger partial charge is 0.140 e. The molecule has 17 heavy (non-hydrogen) atoms. The first-order chi connectivity index (χ1) is 8.29. The summed E-state index contributed by atoms with van der Waals surface area (Å²) in [6, 6.07) is 10.2. The van der Waals surface area contributed by atoms with Gasteiger partial charge in [-0.2, -0.15) is 0 Å². The first-order valence-electron chi connectivity index (χ1n) is 6.87. The van der Waals surface area contributed by atoms with E-state index < -0.39 is 0 Å². The molecule has 1 atom stereocenters. The quantitative estimate of drug-likeness (QED) is 0.634. The van der Waals surface area contributed by atoms with Gasteiger partial charge in [-0.15, -0.1) is 0 Å². The molecular weight excluding hydrogens is 208 g/mol. The summed E-state index contributed by atoms with van der Waals surface area (Å²) in [6.45, 7) is 4.31. The maximum atomic E-state index is 12.2. The molecule has 1 nitrogen and oxygen atoms in total. The Morgan fingerprint density at radius 2 is 1.71 bits per heavy atom. The summed E-state index contributed by atoms with van der Waals surface area (Å²) >= 11 is 0. The van der Waals surface area contributed by atoms with Gasteiger partial charge in [0.15, 0.2) is 0 Å². The summed E-state index contributed by atoms with van der Waals surface area (Å²) in [5.74, 6) is 0.550. The summed E-state index contributed by atoms with van der Waals surface area (Å²) in [6.07, 6.45) is 6.15. The monoisotopic (exact) mass is 232 g/mol. The highest BCUT2D eigenvalue weighted by molar-refractivity contribution is 5.85. The van der Waals surface area contributed by atoms with Crippen LogP contribution in [0.1, 0.15) is 63.9 Å². The van der Waals surface area contributed by atoms with Crippen molar-refractivity contribution >= 4 is 5.78 Å². The Kier molecular flexibility index (Phi) is 6.61. The number of Topliss-reactive ketones (excluding diaryl/α,β-unsaturated/α-hetero) is 1. The van der Waals surface area contributed by atoms with Crippen LogP contribution >= 0.6 is 0 Å². The number of carbonyl (C=O) groups is 1. The van der Waals surface area contributed by atoms with Gasteiger partial charge in [-0.05, 0) is 18.4 Å². The summed E-state index contributed by atoms with van der Waals surface area (Å²) in [7, 11) is 0. The van der Waals surface area contributed by atoms with Crippen LogP contribution in [0.2, 0.25) is 0 Å². The van der Waals surface area contributed by atoms with Crippen LogP contribution in [0.5, 0.6) is 0 Å². The van der Waals surface area contributed by atoms with E-state index in [9.17, 15) is 4.79 Å². The zero-order chi connectivity index (χ0) is 12.5. The predicted octanol–water partition coefficient (Wildman–Crippen LogP) is 4.72. The molecule has 0 radical (unpaired) electrons. The van der Waals surface area contributed by atoms with Crippen molar-refractivity contribution in [3.05, 3.63) is 35.9 Å². The van der Waals surface area contributed by atoms with Gasteiger partial charge in [-0.3, -0.25) is 4.79 Å². The number of ketones is 1. The molecule has 0 saturated heterocycles. The predicted molar refractivity (Wildman–Crippen MR) is 73.2 cm³/mol. The highest BCUT2D eigenvalue weighted by Crippen LogP contribution is 2.25. The fourth-order valence-corrected chi connectivity index (χ4v) is 2.13. The van der Waals surface area contributed by atoms with Crippen molar-refractivity contribution in [2.24, 2.45) is 0 Å². The van der Waals surface area contributed by atoms with Gasteiger partial charge in [-0.1, -0.05) is 63.4 Å². The average molecular weight is 232 g/mol. The molecule has 1 aromatic carbocycles. The van der Waals surface area contributed by atoms with Crippen molar-refractivity contribution in [1.29, 1.82) is 0 Å². The van der Waals surface area contributed by atoms with Gasteiger partial charge >= 0.3 is 0 Å². The van der Waals surface area contributed by atoms with E-state index in [0.717, 1.165) is 38.5 Å². The number of carbonyl (C=O) groups excluding carboxylic acids is 1. The van der Waals surface area contributed by atoms with E-state index in [2.05, 4.69) is 26.0 Å². The van der Waals surface area contributed by atoms with E-state index >= 15 is 0 Å². The van der Waals surface area contributed by atoms with Gasteiger partial charge in [0.2, 0.25) is 0 Å². The van der Waals surface area contributed by atoms with Crippen LogP contribution in [-0.2, 0) is 4.79 Å². The largest absolute Gasteiger partial charge is 0.299 e. The summed E-state index contributed by atoms with van der Waals surface area (Å²) in [5.41, 5.74) is 1.20. The van der Waals surface area contributed by atoms with Gasteiger partial charge in [0, 0.05) is 12.3 Å². The first-order valence-corrected chi connectivity index (χ1v) is 6.87. The Hall–Kier alpha value is -1.11. The van der Waals surface area contributed by atoms with Crippen LogP contribution in [0.25, 0.3) is 0 Å². The van der Waals surface area contributed by atoms with Gasteiger partial charge in [-0.25, -0.2) is 0 Å². The van der Waals surface area contributed by atoms with E-state index in [1.807, 2.05) is 18.2 Å². The second-order valence-corrected chi connectivity index (χ2v) is 4.68. The standard InChI is InChI=1S/C16H24O/c1-3-5-12-15(16(17)13-6-4-2)14-10-8-7-9-11-14/h7-11,15H,3-6,12-13H2,1-2H3/t15-/m1/s1. The zero-order valence-corrected chi connectivity index (χ0v) is 11.1. The minimum absolute atomic E-state index is 0.127. The molecule has 1 rings (SSSR count). The maximum Gasteiger partial charge on any atom is 0.140 e. The SMILES string of the molecule is CCCCC(=O)[C@H](CCCC)c1ccccc1. The molecule has 0 amide bonds. The molecule has 1 aromatic rings. The van der Waals surface area contributed by atoms with Crippen LogP contribution < -0.4 is 0 Å². The zero-order valence-electron chi connectivity index (χ0n) is 11.1. The minimum Gasteiger partial charge on any atom is -0.299 e. The van der Waals surface area contributed by atoms with Gasteiger partial charge in [0.25, 0.3) is 0 Å². The number of rotatable bonds is 8. The number of hydrogen-bond donors (Lipinski definition) is 0. The fourth-order valence-electron chi connectivity index (χ4n) is 2.13. The Labute approximate surface area is 105 Å². The van der Waals surface area contributed by atoms with Crippen LogP contribution in [-0.4, -0.2) is 5.78 Å². The van der Waals surface area contributed by atoms with E-state index in [1.165, 1.54) is 5.56 Å². The average Bonchev–Trinajstić information content (AvgIpc) is 2.38. The van der Waals surface area contributed by atoms with E-state index in [0.29, 0.717) is 5.78 Å². The third kappa shape index (κ3) is 4.72. The molecule has 0 heterocycles. The van der Waals surface area contributed by atoms with Crippen molar-refractivity contribution in [2.45, 2.75) is 58.3 Å². The van der Waals surface area contributed by atoms with Gasteiger partial charge < -0.3 is 0 Å². The molecule has 0 unspecified atom stereocenters. The summed E-state index contributed by atoms with van der Waals surface area (Å²) < 4.78 is 0. The molecule has 0 fully saturated rings. The van der Waals surface area contributed by atoms with Crippen molar-refractivity contribution in [2.75, 3.05) is 0 Å². The molecule has 0 aliphatic carbocycles. The molecule has 0 N–H and O–H groups in total. The first kappa shape index (κ1) is 14.0. The minimum atomic E-state index is 0.127. The lowest BCUT2D eigenvalue weighted by Crippen LogP contribution is -2.12. The number of unbranched alkanes of at least 4 members (excludes halogenated alkanes) is 2.